The van der Waals surface area contributed by atoms with Crippen LogP contribution < -0.4 is 0 Å². The van der Waals surface area contributed by atoms with Crippen LogP contribution in [0.3, 0.4) is 0 Å². The fourth-order valence-corrected chi connectivity index (χ4v) is 14.7. The van der Waals surface area contributed by atoms with Gasteiger partial charge in [0.25, 0.3) is 0 Å². The first-order chi connectivity index (χ1) is 53.7. The number of aliphatic hydroxyl groups is 9. The fraction of sp³-hybridized carbons (Fsp3) is 0.859. The molecular weight excluding hydrogens is 1450 g/mol. The molecule has 0 radical (unpaired) electrons. The molecule has 2 aliphatic heterocycles. The van der Waals surface area contributed by atoms with E-state index in [1.165, 1.54) is 122 Å². The predicted octanol–water partition coefficient (Wildman–Crippen LogP) is 14.5. The van der Waals surface area contributed by atoms with Crippen LogP contribution in [0.25, 0.3) is 0 Å². The van der Waals surface area contributed by atoms with Crippen LogP contribution in [0.5, 0.6) is 0 Å². The van der Waals surface area contributed by atoms with Crippen LogP contribution in [-0.4, -0.2) is 205 Å². The number of phosphoric ester groups is 1. The van der Waals surface area contributed by atoms with Crippen molar-refractivity contribution in [1.82, 2.24) is 0 Å². The lowest BCUT2D eigenvalue weighted by atomic mass is 9.84. The molecule has 10 N–H and O–H groups in total. The Bertz CT molecular complexity index is 2520. The summed E-state index contributed by atoms with van der Waals surface area (Å²) < 4.78 is 73.0. The van der Waals surface area contributed by atoms with Crippen molar-refractivity contribution in [3.63, 3.8) is 0 Å². The molecule has 1 aliphatic carbocycles. The van der Waals surface area contributed by atoms with Crippen molar-refractivity contribution in [2.24, 2.45) is 0 Å². The van der Waals surface area contributed by atoms with Crippen LogP contribution in [0.1, 0.15) is 336 Å². The number of allylic oxidation sites excluding steroid dienone is 8. The first-order valence-corrected chi connectivity index (χ1v) is 44.9. The molecule has 3 fully saturated rings. The van der Waals surface area contributed by atoms with E-state index in [0.717, 1.165) is 109 Å². The average molecular weight is 1600 g/mol. The summed E-state index contributed by atoms with van der Waals surface area (Å²) >= 11 is 0. The maximum atomic E-state index is 14.8. The van der Waals surface area contributed by atoms with Crippen molar-refractivity contribution in [3.05, 3.63) is 48.6 Å². The maximum Gasteiger partial charge on any atom is 0.472 e. The molecule has 0 aromatic rings. The number of phosphoric acid groups is 1. The Morgan fingerprint density at radius 2 is 0.676 bits per heavy atom. The van der Waals surface area contributed by atoms with Crippen LogP contribution >= 0.6 is 7.82 Å². The quantitative estimate of drug-likeness (QED) is 0.00889. The van der Waals surface area contributed by atoms with E-state index >= 15 is 0 Å². The number of carbonyl (C=O) groups is 4. The second-order valence-electron chi connectivity index (χ2n) is 30.7. The summed E-state index contributed by atoms with van der Waals surface area (Å²) in [7, 11) is -5.81. The van der Waals surface area contributed by atoms with Gasteiger partial charge in [0.2, 0.25) is 0 Å². The number of rotatable bonds is 68. The van der Waals surface area contributed by atoms with Crippen molar-refractivity contribution >= 4 is 31.7 Å². The Hall–Kier alpha value is -3.57. The number of esters is 4. The minimum atomic E-state index is -5.81. The van der Waals surface area contributed by atoms with Crippen LogP contribution in [-0.2, 0) is 70.7 Å². The SMILES string of the molecule is CCCCCCCC/C=C\CCCCCC(=O)OCC(COP(=O)(O)OC1C(OC2OC(CO)C(O)C(O)C2O)C(O)C(O)C(OC(=O)CCCCC/C=C\CCCCCCCC)C1OC1OC(COC(=O)CCCCC/C=C\CCCCCCCC)C(O)C(O)C1O)OC(=O)CCCCC/C=C\CCCCCCCC. The molecule has 18 atom stereocenters. The highest BCUT2D eigenvalue weighted by Crippen LogP contribution is 2.49. The molecule has 0 amide bonds. The summed E-state index contributed by atoms with van der Waals surface area (Å²) in [6.07, 6.45) is 24.6. The van der Waals surface area contributed by atoms with Crippen LogP contribution in [0.15, 0.2) is 48.6 Å². The highest BCUT2D eigenvalue weighted by atomic mass is 31.2. The van der Waals surface area contributed by atoms with Gasteiger partial charge < -0.3 is 88.7 Å². The zero-order valence-corrected chi connectivity index (χ0v) is 69.1. The predicted molar refractivity (Wildman–Crippen MR) is 425 cm³/mol. The third kappa shape index (κ3) is 45.7. The van der Waals surface area contributed by atoms with E-state index in [2.05, 4.69) is 76.3 Å². The summed E-state index contributed by atoms with van der Waals surface area (Å²) in [5.41, 5.74) is 0. The second-order valence-corrected chi connectivity index (χ2v) is 32.1. The summed E-state index contributed by atoms with van der Waals surface area (Å²) in [6, 6.07) is 0. The lowest BCUT2D eigenvalue weighted by Crippen LogP contribution is -2.70. The molecule has 25 nitrogen and oxygen atoms in total. The van der Waals surface area contributed by atoms with Crippen molar-refractivity contribution in [2.45, 2.75) is 440 Å². The van der Waals surface area contributed by atoms with Gasteiger partial charge in [0.1, 0.15) is 92.6 Å². The number of ether oxygens (including phenoxy) is 8. The first-order valence-electron chi connectivity index (χ1n) is 43.4. The number of carbonyl (C=O) groups excluding carboxylic acids is 4. The van der Waals surface area contributed by atoms with Gasteiger partial charge in [-0.1, -0.05) is 230 Å². The Labute approximate surface area is 665 Å². The van der Waals surface area contributed by atoms with Crippen LogP contribution in [0.2, 0.25) is 0 Å². The van der Waals surface area contributed by atoms with Gasteiger partial charge in [-0.25, -0.2) is 4.57 Å². The molecule has 2 heterocycles. The molecule has 0 spiro atoms. The average Bonchev–Trinajstić information content (AvgIpc) is 0.754. The number of hydrogen-bond acceptors (Lipinski definition) is 24. The highest BCUT2D eigenvalue weighted by Gasteiger charge is 2.60. The van der Waals surface area contributed by atoms with E-state index < -0.39 is 162 Å². The van der Waals surface area contributed by atoms with E-state index in [4.69, 9.17) is 46.9 Å². The van der Waals surface area contributed by atoms with Gasteiger partial charge in [-0.2, -0.15) is 0 Å². The molecule has 1 saturated carbocycles. The normalized spacial score (nSPS) is 26.0. The number of hydrogen-bond donors (Lipinski definition) is 10. The summed E-state index contributed by atoms with van der Waals surface area (Å²) in [5.74, 6) is -3.06. The minimum Gasteiger partial charge on any atom is -0.463 e. The van der Waals surface area contributed by atoms with Crippen molar-refractivity contribution in [2.75, 3.05) is 26.4 Å². The number of aliphatic hydroxyl groups excluding tert-OH is 9. The molecule has 26 heteroatoms. The highest BCUT2D eigenvalue weighted by molar-refractivity contribution is 7.47. The molecular formula is C85H151O25P. The van der Waals surface area contributed by atoms with E-state index in [-0.39, 0.29) is 32.1 Å². The maximum absolute atomic E-state index is 14.8. The molecule has 0 bridgehead atoms. The Morgan fingerprint density at radius 1 is 0.351 bits per heavy atom. The third-order valence-electron chi connectivity index (χ3n) is 20.7. The standard InChI is InChI=1S/C85H151O25P/c1-5-9-13-17-21-25-29-33-37-41-45-49-53-57-68(87)101-62-65(104-70(89)59-55-51-47-43-39-35-31-27-23-19-15-11-7-3)63-103-111(99,100)110-83-81(108-84-78(97)74(93)72(91)66(61-86)105-84)77(96)76(95)80(107-71(90)60-56-52-48-44-40-36-32-28-24-20-16-12-8-4)82(83)109-85-79(98)75(94)73(92)67(106-85)64-102-69(88)58-54-50-46-42-38-34-30-26-22-18-14-10-6-2/h33-40,65-67,72-86,91-98H,5-32,41-64H2,1-4H3,(H,99,100)/b37-33-,38-34-,39-35-,40-36-. The van der Waals surface area contributed by atoms with Gasteiger partial charge in [-0.05, 0) is 128 Å². The lowest BCUT2D eigenvalue weighted by molar-refractivity contribution is -0.360. The Kier molecular flexibility index (Phi) is 59.1. The van der Waals surface area contributed by atoms with Crippen molar-refractivity contribution in [1.29, 1.82) is 0 Å². The van der Waals surface area contributed by atoms with Gasteiger partial charge in [0.05, 0.1) is 13.2 Å². The van der Waals surface area contributed by atoms with E-state index in [1.54, 1.807) is 0 Å². The van der Waals surface area contributed by atoms with Gasteiger partial charge in [0.15, 0.2) is 24.8 Å². The van der Waals surface area contributed by atoms with E-state index in [9.17, 15) is 74.6 Å². The zero-order valence-electron chi connectivity index (χ0n) is 68.2. The molecule has 2 saturated heterocycles. The van der Waals surface area contributed by atoms with Gasteiger partial charge in [0, 0.05) is 25.7 Å². The smallest absolute Gasteiger partial charge is 0.463 e. The topological polar surface area (TPSA) is 380 Å². The molecule has 111 heavy (non-hydrogen) atoms. The largest absolute Gasteiger partial charge is 0.472 e. The van der Waals surface area contributed by atoms with Crippen LogP contribution in [0.4, 0.5) is 0 Å². The number of unbranched alkanes of at least 4 members (excludes halogenated alkanes) is 36. The molecule has 0 aromatic heterocycles. The third-order valence-corrected chi connectivity index (χ3v) is 21.7. The monoisotopic (exact) mass is 1600 g/mol. The summed E-state index contributed by atoms with van der Waals surface area (Å²) in [6.45, 7) is 5.45. The second kappa shape index (κ2) is 64.5. The van der Waals surface area contributed by atoms with Crippen molar-refractivity contribution < 1.29 is 122 Å². The van der Waals surface area contributed by atoms with Gasteiger partial charge in [-0.3, -0.25) is 28.2 Å². The van der Waals surface area contributed by atoms with Gasteiger partial charge in [-0.15, -0.1) is 0 Å². The zero-order chi connectivity index (χ0) is 81.1. The molecule has 3 aliphatic rings. The first kappa shape index (κ1) is 102. The molecule has 0 aromatic carbocycles. The van der Waals surface area contributed by atoms with Gasteiger partial charge >= 0.3 is 31.7 Å². The Balaban J connectivity index is 1.96. The van der Waals surface area contributed by atoms with Crippen molar-refractivity contribution in [3.8, 4) is 0 Å². The molecule has 3 rings (SSSR count). The fourth-order valence-electron chi connectivity index (χ4n) is 13.8. The molecule has 18 unspecified atom stereocenters. The summed E-state index contributed by atoms with van der Waals surface area (Å²) in [5, 5.41) is 102. The Morgan fingerprint density at radius 3 is 1.07 bits per heavy atom. The molecule has 646 valence electrons. The van der Waals surface area contributed by atoms with E-state index in [1.807, 2.05) is 0 Å². The lowest BCUT2D eigenvalue weighted by Gasteiger charge is -2.50. The van der Waals surface area contributed by atoms with E-state index in [0.29, 0.717) is 44.9 Å². The minimum absolute atomic E-state index is 0.00691. The van der Waals surface area contributed by atoms with Crippen LogP contribution in [0, 0.1) is 0 Å². The summed E-state index contributed by atoms with van der Waals surface area (Å²) in [4.78, 5) is 66.1.